The van der Waals surface area contributed by atoms with Crippen LogP contribution in [0.4, 0.5) is 5.69 Å². The van der Waals surface area contributed by atoms with Crippen LogP contribution in [-0.2, 0) is 15.8 Å². The van der Waals surface area contributed by atoms with Crippen LogP contribution < -0.4 is 10.0 Å². The number of benzene rings is 1. The number of anilines is 1. The molecule has 0 aliphatic carbocycles. The molecule has 1 saturated heterocycles. The molecule has 0 bridgehead atoms. The summed E-state index contributed by atoms with van der Waals surface area (Å²) in [6.45, 7) is 3.86. The fourth-order valence-electron chi connectivity index (χ4n) is 2.48. The van der Waals surface area contributed by atoms with E-state index >= 15 is 0 Å². The van der Waals surface area contributed by atoms with Crippen LogP contribution in [0.1, 0.15) is 38.7 Å². The lowest BCUT2D eigenvalue weighted by Gasteiger charge is -2.23. The summed E-state index contributed by atoms with van der Waals surface area (Å²) in [4.78, 5) is 0. The average Bonchev–Trinajstić information content (AvgIpc) is 2.47. The first-order valence-corrected chi connectivity index (χ1v) is 10.7. The minimum Gasteiger partial charge on any atom is -0.382 e. The van der Waals surface area contributed by atoms with E-state index in [1.807, 2.05) is 49.9 Å². The summed E-state index contributed by atoms with van der Waals surface area (Å²) in [5, 5.41) is 3.53. The Labute approximate surface area is 138 Å². The average molecular weight is 343 g/mol. The van der Waals surface area contributed by atoms with Gasteiger partial charge in [0.1, 0.15) is 0 Å². The maximum atomic E-state index is 12.1. The summed E-state index contributed by atoms with van der Waals surface area (Å²) in [6, 6.07) is 8.25. The van der Waals surface area contributed by atoms with Crippen molar-refractivity contribution in [3.8, 4) is 0 Å². The Morgan fingerprint density at radius 2 is 2.05 bits per heavy atom. The molecule has 1 aliphatic rings. The SMILES string of the molecule is CC[C@@H](C)NS(=O)(=O)Cc1cccc(NC2CCSCC2)c1. The molecule has 0 aromatic heterocycles. The Hall–Kier alpha value is -0.720. The van der Waals surface area contributed by atoms with Crippen LogP contribution >= 0.6 is 11.8 Å². The van der Waals surface area contributed by atoms with Crippen molar-refractivity contribution in [1.29, 1.82) is 0 Å². The van der Waals surface area contributed by atoms with E-state index in [0.29, 0.717) is 6.04 Å². The molecular weight excluding hydrogens is 316 g/mol. The van der Waals surface area contributed by atoms with Gasteiger partial charge < -0.3 is 5.32 Å². The van der Waals surface area contributed by atoms with Gasteiger partial charge in [-0.05, 0) is 55.4 Å². The summed E-state index contributed by atoms with van der Waals surface area (Å²) in [5.41, 5.74) is 1.85. The van der Waals surface area contributed by atoms with E-state index in [0.717, 1.165) is 17.7 Å². The predicted octanol–water partition coefficient (Wildman–Crippen LogP) is 3.21. The van der Waals surface area contributed by atoms with Crippen molar-refractivity contribution in [2.75, 3.05) is 16.8 Å². The van der Waals surface area contributed by atoms with Crippen LogP contribution in [0.3, 0.4) is 0 Å². The number of hydrogen-bond donors (Lipinski definition) is 2. The van der Waals surface area contributed by atoms with Crippen molar-refractivity contribution < 1.29 is 8.42 Å². The van der Waals surface area contributed by atoms with Gasteiger partial charge in [0.05, 0.1) is 5.75 Å². The van der Waals surface area contributed by atoms with Crippen molar-refractivity contribution in [1.82, 2.24) is 4.72 Å². The third-order valence-corrected chi connectivity index (χ3v) is 6.39. The quantitative estimate of drug-likeness (QED) is 0.799. The summed E-state index contributed by atoms with van der Waals surface area (Å²) in [6.07, 6.45) is 3.13. The Morgan fingerprint density at radius 3 is 2.73 bits per heavy atom. The molecule has 4 nitrogen and oxygen atoms in total. The lowest BCUT2D eigenvalue weighted by Crippen LogP contribution is -2.33. The van der Waals surface area contributed by atoms with Gasteiger partial charge >= 0.3 is 0 Å². The molecule has 1 fully saturated rings. The van der Waals surface area contributed by atoms with Crippen LogP contribution in [0, 0.1) is 0 Å². The minimum absolute atomic E-state index is 0.0222. The van der Waals surface area contributed by atoms with E-state index < -0.39 is 10.0 Å². The predicted molar refractivity (Wildman–Crippen MR) is 95.9 cm³/mol. The topological polar surface area (TPSA) is 58.2 Å². The highest BCUT2D eigenvalue weighted by atomic mass is 32.2. The second kappa shape index (κ2) is 8.22. The molecule has 2 N–H and O–H groups in total. The molecule has 1 heterocycles. The Kier molecular flexibility index (Phi) is 6.59. The van der Waals surface area contributed by atoms with Gasteiger partial charge in [-0.1, -0.05) is 19.1 Å². The first kappa shape index (κ1) is 17.6. The molecule has 1 atom stereocenters. The summed E-state index contributed by atoms with van der Waals surface area (Å²) in [7, 11) is -3.28. The van der Waals surface area contributed by atoms with E-state index in [1.165, 1.54) is 24.3 Å². The van der Waals surface area contributed by atoms with E-state index in [-0.39, 0.29) is 11.8 Å². The molecular formula is C16H26N2O2S2. The summed E-state index contributed by atoms with van der Waals surface area (Å²) < 4.78 is 27.0. The third-order valence-electron chi connectivity index (χ3n) is 3.87. The second-order valence-electron chi connectivity index (χ2n) is 5.92. The van der Waals surface area contributed by atoms with Gasteiger partial charge in [-0.15, -0.1) is 0 Å². The van der Waals surface area contributed by atoms with Crippen molar-refractivity contribution in [2.45, 2.75) is 50.9 Å². The second-order valence-corrected chi connectivity index (χ2v) is 8.90. The van der Waals surface area contributed by atoms with E-state index in [2.05, 4.69) is 10.0 Å². The summed E-state index contributed by atoms with van der Waals surface area (Å²) in [5.74, 6) is 2.43. The van der Waals surface area contributed by atoms with E-state index in [4.69, 9.17) is 0 Å². The molecule has 0 spiro atoms. The normalized spacial score (nSPS) is 18.1. The lowest BCUT2D eigenvalue weighted by molar-refractivity contribution is 0.555. The number of hydrogen-bond acceptors (Lipinski definition) is 4. The van der Waals surface area contributed by atoms with Gasteiger partial charge in [-0.2, -0.15) is 11.8 Å². The molecule has 0 saturated carbocycles. The Bertz CT molecular complexity index is 569. The molecule has 124 valence electrons. The number of nitrogens with one attached hydrogen (secondary N) is 2. The molecule has 22 heavy (non-hydrogen) atoms. The third kappa shape index (κ3) is 5.82. The van der Waals surface area contributed by atoms with Crippen molar-refractivity contribution in [3.05, 3.63) is 29.8 Å². The van der Waals surface area contributed by atoms with Gasteiger partial charge in [0.15, 0.2) is 0 Å². The molecule has 1 aromatic carbocycles. The molecule has 2 rings (SSSR count). The Morgan fingerprint density at radius 1 is 1.32 bits per heavy atom. The fraction of sp³-hybridized carbons (Fsp3) is 0.625. The number of sulfonamides is 1. The maximum absolute atomic E-state index is 12.1. The van der Waals surface area contributed by atoms with Gasteiger partial charge in [0, 0.05) is 17.8 Å². The Balaban J connectivity index is 1.98. The fourth-order valence-corrected chi connectivity index (χ4v) is 5.07. The highest BCUT2D eigenvalue weighted by Crippen LogP contribution is 2.22. The van der Waals surface area contributed by atoms with Crippen molar-refractivity contribution >= 4 is 27.5 Å². The zero-order valence-electron chi connectivity index (χ0n) is 13.3. The number of rotatable bonds is 7. The summed E-state index contributed by atoms with van der Waals surface area (Å²) >= 11 is 2.00. The van der Waals surface area contributed by atoms with Crippen molar-refractivity contribution in [3.63, 3.8) is 0 Å². The maximum Gasteiger partial charge on any atom is 0.216 e. The largest absolute Gasteiger partial charge is 0.382 e. The number of thioether (sulfide) groups is 1. The molecule has 1 aromatic rings. The van der Waals surface area contributed by atoms with Gasteiger partial charge in [-0.25, -0.2) is 13.1 Å². The minimum atomic E-state index is -3.28. The van der Waals surface area contributed by atoms with E-state index in [9.17, 15) is 8.42 Å². The smallest absolute Gasteiger partial charge is 0.216 e. The molecule has 0 radical (unpaired) electrons. The standard InChI is InChI=1S/C16H26N2O2S2/c1-3-13(2)18-22(19,20)12-14-5-4-6-16(11-14)17-15-7-9-21-10-8-15/h4-6,11,13,15,17-18H,3,7-10,12H2,1-2H3/t13-/m1/s1. The van der Waals surface area contributed by atoms with Gasteiger partial charge in [-0.3, -0.25) is 0 Å². The first-order chi connectivity index (χ1) is 10.5. The van der Waals surface area contributed by atoms with Crippen LogP contribution in [0.25, 0.3) is 0 Å². The lowest BCUT2D eigenvalue weighted by atomic mass is 10.1. The highest BCUT2D eigenvalue weighted by Gasteiger charge is 2.16. The molecule has 0 unspecified atom stereocenters. The van der Waals surface area contributed by atoms with Crippen LogP contribution in [0.15, 0.2) is 24.3 Å². The molecule has 0 amide bonds. The van der Waals surface area contributed by atoms with Crippen LogP contribution in [-0.4, -0.2) is 32.0 Å². The zero-order chi connectivity index (χ0) is 16.0. The van der Waals surface area contributed by atoms with Gasteiger partial charge in [0.2, 0.25) is 10.0 Å². The monoisotopic (exact) mass is 342 g/mol. The first-order valence-electron chi connectivity index (χ1n) is 7.91. The molecule has 6 heteroatoms. The van der Waals surface area contributed by atoms with Crippen LogP contribution in [0.5, 0.6) is 0 Å². The van der Waals surface area contributed by atoms with E-state index in [1.54, 1.807) is 0 Å². The molecule has 1 aliphatic heterocycles. The highest BCUT2D eigenvalue weighted by molar-refractivity contribution is 7.99. The van der Waals surface area contributed by atoms with Gasteiger partial charge in [0.25, 0.3) is 0 Å². The van der Waals surface area contributed by atoms with Crippen molar-refractivity contribution in [2.24, 2.45) is 0 Å². The van der Waals surface area contributed by atoms with Crippen LogP contribution in [0.2, 0.25) is 0 Å². The zero-order valence-corrected chi connectivity index (χ0v) is 15.0.